The summed E-state index contributed by atoms with van der Waals surface area (Å²) >= 11 is 5.71. The predicted octanol–water partition coefficient (Wildman–Crippen LogP) is 2.58. The van der Waals surface area contributed by atoms with Gasteiger partial charge in [-0.2, -0.15) is 0 Å². The van der Waals surface area contributed by atoms with Crippen LogP contribution in [0, 0.1) is 0 Å². The summed E-state index contributed by atoms with van der Waals surface area (Å²) < 4.78 is 0. The second-order valence-electron chi connectivity index (χ2n) is 4.80. The molecule has 5 heteroatoms. The van der Waals surface area contributed by atoms with E-state index in [1.807, 2.05) is 0 Å². The number of hydrogen-bond acceptors (Lipinski definition) is 3. The van der Waals surface area contributed by atoms with Crippen LogP contribution in [0.25, 0.3) is 0 Å². The van der Waals surface area contributed by atoms with Gasteiger partial charge in [0.25, 0.3) is 5.91 Å². The van der Waals surface area contributed by atoms with E-state index in [0.717, 1.165) is 25.7 Å². The van der Waals surface area contributed by atoms with Gasteiger partial charge in [-0.15, -0.1) is 0 Å². The molecule has 0 radical (unpaired) electrons. The van der Waals surface area contributed by atoms with E-state index in [2.05, 4.69) is 22.2 Å². The molecule has 0 atom stereocenters. The number of carbonyl (C=O) groups excluding carboxylic acids is 1. The first-order valence-corrected chi connectivity index (χ1v) is 6.27. The average molecular weight is 254 g/mol. The second kappa shape index (κ2) is 5.00. The fourth-order valence-electron chi connectivity index (χ4n) is 2.25. The van der Waals surface area contributed by atoms with Crippen LogP contribution in [0.5, 0.6) is 0 Å². The molecule has 92 valence electrons. The summed E-state index contributed by atoms with van der Waals surface area (Å²) in [7, 11) is 0. The zero-order valence-electron chi connectivity index (χ0n) is 9.87. The maximum Gasteiger partial charge on any atom is 0.271 e. The van der Waals surface area contributed by atoms with Crippen LogP contribution in [0.1, 0.15) is 49.5 Å². The van der Waals surface area contributed by atoms with Crippen molar-refractivity contribution >= 4 is 17.5 Å². The minimum Gasteiger partial charge on any atom is -0.345 e. The highest BCUT2D eigenvalue weighted by Gasteiger charge is 2.29. The van der Waals surface area contributed by atoms with E-state index < -0.39 is 0 Å². The first kappa shape index (κ1) is 12.3. The van der Waals surface area contributed by atoms with E-state index in [1.165, 1.54) is 18.8 Å². The largest absolute Gasteiger partial charge is 0.345 e. The van der Waals surface area contributed by atoms with Gasteiger partial charge in [0.05, 0.1) is 12.4 Å². The quantitative estimate of drug-likeness (QED) is 0.881. The van der Waals surface area contributed by atoms with E-state index in [4.69, 9.17) is 11.6 Å². The fourth-order valence-corrected chi connectivity index (χ4v) is 2.39. The molecule has 4 nitrogen and oxygen atoms in total. The minimum absolute atomic E-state index is 0.112. The number of aromatic nitrogens is 2. The normalized spacial score (nSPS) is 18.7. The molecule has 2 rings (SSSR count). The fraction of sp³-hybridized carbons (Fsp3) is 0.583. The SMILES string of the molecule is CC1(NC(=O)c2cncc(Cl)n2)CCCCC1. The van der Waals surface area contributed by atoms with Gasteiger partial charge in [0.1, 0.15) is 10.8 Å². The number of nitrogens with one attached hydrogen (secondary N) is 1. The van der Waals surface area contributed by atoms with Crippen molar-refractivity contribution in [1.82, 2.24) is 15.3 Å². The van der Waals surface area contributed by atoms with E-state index in [1.54, 1.807) is 0 Å². The summed E-state index contributed by atoms with van der Waals surface area (Å²) in [5, 5.41) is 3.28. The monoisotopic (exact) mass is 253 g/mol. The number of hydrogen-bond donors (Lipinski definition) is 1. The lowest BCUT2D eigenvalue weighted by molar-refractivity contribution is 0.0877. The summed E-state index contributed by atoms with van der Waals surface area (Å²) in [5.41, 5.74) is 0.170. The molecule has 0 unspecified atom stereocenters. The molecule has 0 aliphatic heterocycles. The molecule has 0 aromatic carbocycles. The molecule has 0 bridgehead atoms. The highest BCUT2D eigenvalue weighted by atomic mass is 35.5. The van der Waals surface area contributed by atoms with Crippen molar-refractivity contribution < 1.29 is 4.79 Å². The molecule has 1 aromatic heterocycles. The molecule has 1 amide bonds. The van der Waals surface area contributed by atoms with Gasteiger partial charge in [0.15, 0.2) is 0 Å². The Hall–Kier alpha value is -1.16. The van der Waals surface area contributed by atoms with E-state index >= 15 is 0 Å². The number of halogens is 1. The predicted molar refractivity (Wildman–Crippen MR) is 66.0 cm³/mol. The van der Waals surface area contributed by atoms with Gasteiger partial charge < -0.3 is 5.32 Å². The zero-order valence-corrected chi connectivity index (χ0v) is 10.6. The molecular weight excluding hydrogens is 238 g/mol. The maximum atomic E-state index is 12.0. The van der Waals surface area contributed by atoms with Crippen LogP contribution in [0.3, 0.4) is 0 Å². The molecule has 0 spiro atoms. The summed E-state index contributed by atoms with van der Waals surface area (Å²) in [5.74, 6) is -0.190. The number of amides is 1. The molecule has 1 aromatic rings. The summed E-state index contributed by atoms with van der Waals surface area (Å²) in [4.78, 5) is 19.8. The van der Waals surface area contributed by atoms with Gasteiger partial charge in [0.2, 0.25) is 0 Å². The van der Waals surface area contributed by atoms with E-state index in [9.17, 15) is 4.79 Å². The van der Waals surface area contributed by atoms with Crippen molar-refractivity contribution in [1.29, 1.82) is 0 Å². The molecular formula is C12H16ClN3O. The Morgan fingerprint density at radius 2 is 2.06 bits per heavy atom. The van der Waals surface area contributed by atoms with Crippen molar-refractivity contribution in [3.05, 3.63) is 23.2 Å². The third kappa shape index (κ3) is 3.16. The molecule has 1 aliphatic carbocycles. The third-order valence-corrected chi connectivity index (χ3v) is 3.39. The van der Waals surface area contributed by atoms with Gasteiger partial charge >= 0.3 is 0 Å². The zero-order chi connectivity index (χ0) is 12.3. The van der Waals surface area contributed by atoms with Crippen LogP contribution in [0.2, 0.25) is 5.15 Å². The lowest BCUT2D eigenvalue weighted by atomic mass is 9.83. The standard InChI is InChI=1S/C12H16ClN3O/c1-12(5-3-2-4-6-12)16-11(17)9-7-14-8-10(13)15-9/h7-8H,2-6H2,1H3,(H,16,17). The molecule has 0 saturated heterocycles. The van der Waals surface area contributed by atoms with Crippen molar-refractivity contribution in [2.75, 3.05) is 0 Å². The van der Waals surface area contributed by atoms with Crippen LogP contribution in [0.15, 0.2) is 12.4 Å². The lowest BCUT2D eigenvalue weighted by Gasteiger charge is -2.34. The molecule has 1 heterocycles. The first-order valence-electron chi connectivity index (χ1n) is 5.89. The molecule has 1 fully saturated rings. The van der Waals surface area contributed by atoms with Gasteiger partial charge in [-0.1, -0.05) is 30.9 Å². The topological polar surface area (TPSA) is 54.9 Å². The lowest BCUT2D eigenvalue weighted by Crippen LogP contribution is -2.47. The highest BCUT2D eigenvalue weighted by molar-refractivity contribution is 6.29. The van der Waals surface area contributed by atoms with Crippen LogP contribution in [0.4, 0.5) is 0 Å². The van der Waals surface area contributed by atoms with Crippen LogP contribution in [-0.2, 0) is 0 Å². The minimum atomic E-state index is -0.190. The van der Waals surface area contributed by atoms with Gasteiger partial charge in [0, 0.05) is 5.54 Å². The maximum absolute atomic E-state index is 12.0. The molecule has 1 aliphatic rings. The van der Waals surface area contributed by atoms with Gasteiger partial charge in [-0.05, 0) is 19.8 Å². The van der Waals surface area contributed by atoms with Crippen LogP contribution >= 0.6 is 11.6 Å². The van der Waals surface area contributed by atoms with Gasteiger partial charge in [-0.3, -0.25) is 9.78 Å². The van der Waals surface area contributed by atoms with Crippen molar-refractivity contribution in [3.8, 4) is 0 Å². The average Bonchev–Trinajstić information content (AvgIpc) is 2.29. The highest BCUT2D eigenvalue weighted by Crippen LogP contribution is 2.27. The van der Waals surface area contributed by atoms with Crippen LogP contribution in [-0.4, -0.2) is 21.4 Å². The van der Waals surface area contributed by atoms with Crippen LogP contribution < -0.4 is 5.32 Å². The number of rotatable bonds is 2. The summed E-state index contributed by atoms with van der Waals surface area (Å²) in [6, 6.07) is 0. The van der Waals surface area contributed by atoms with E-state index in [0.29, 0.717) is 0 Å². The number of carbonyl (C=O) groups is 1. The smallest absolute Gasteiger partial charge is 0.271 e. The molecule has 17 heavy (non-hydrogen) atoms. The third-order valence-electron chi connectivity index (χ3n) is 3.21. The Morgan fingerprint density at radius 1 is 1.35 bits per heavy atom. The van der Waals surface area contributed by atoms with Crippen molar-refractivity contribution in [2.45, 2.75) is 44.6 Å². The molecule has 1 N–H and O–H groups in total. The number of nitrogens with zero attached hydrogens (tertiary/aromatic N) is 2. The van der Waals surface area contributed by atoms with Crippen molar-refractivity contribution in [2.24, 2.45) is 0 Å². The Balaban J connectivity index is 2.06. The van der Waals surface area contributed by atoms with E-state index in [-0.39, 0.29) is 22.3 Å². The Bertz CT molecular complexity index is 416. The Labute approximate surface area is 106 Å². The van der Waals surface area contributed by atoms with Gasteiger partial charge in [-0.25, -0.2) is 4.98 Å². The molecule has 1 saturated carbocycles. The first-order chi connectivity index (χ1) is 8.09. The Morgan fingerprint density at radius 3 is 2.71 bits per heavy atom. The second-order valence-corrected chi connectivity index (χ2v) is 5.19. The van der Waals surface area contributed by atoms with Crippen molar-refractivity contribution in [3.63, 3.8) is 0 Å². The Kier molecular flexibility index (Phi) is 3.62. The summed E-state index contributed by atoms with van der Waals surface area (Å²) in [6.07, 6.45) is 8.48. The summed E-state index contributed by atoms with van der Waals surface area (Å²) in [6.45, 7) is 2.09.